The summed E-state index contributed by atoms with van der Waals surface area (Å²) in [5.41, 5.74) is 8.15. The molecule has 0 saturated heterocycles. The average molecular weight is 512 g/mol. The van der Waals surface area contributed by atoms with Gasteiger partial charge in [0.25, 0.3) is 0 Å². The summed E-state index contributed by atoms with van der Waals surface area (Å²) in [7, 11) is 0. The maximum absolute atomic E-state index is 12.6. The van der Waals surface area contributed by atoms with Crippen LogP contribution in [0.5, 0.6) is 0 Å². The molecule has 1 N–H and O–H groups in total. The van der Waals surface area contributed by atoms with Crippen molar-refractivity contribution in [3.63, 3.8) is 0 Å². The Kier molecular flexibility index (Phi) is 7.12. The molecule has 0 bridgehead atoms. The van der Waals surface area contributed by atoms with Crippen LogP contribution in [-0.2, 0) is 11.3 Å². The molecule has 0 atom stereocenters. The molecule has 1 aromatic heterocycles. The minimum Gasteiger partial charge on any atom is -0.340 e. The Labute approximate surface area is 220 Å². The van der Waals surface area contributed by atoms with E-state index in [0.29, 0.717) is 6.54 Å². The molecular formula is C30H26ClN3OS. The summed E-state index contributed by atoms with van der Waals surface area (Å²) in [5, 5.41) is 8.48. The molecule has 0 aliphatic rings. The number of nitrogens with one attached hydrogen (secondary N) is 1. The third-order valence-electron chi connectivity index (χ3n) is 6.37. The molecule has 180 valence electrons. The number of hydrogen-bond donors (Lipinski definition) is 1. The molecule has 0 aliphatic heterocycles. The van der Waals surface area contributed by atoms with E-state index in [4.69, 9.17) is 11.6 Å². The van der Waals surface area contributed by atoms with Crippen molar-refractivity contribution in [2.75, 3.05) is 5.75 Å². The van der Waals surface area contributed by atoms with Gasteiger partial charge < -0.3 is 4.57 Å². The van der Waals surface area contributed by atoms with Gasteiger partial charge in [0.05, 0.1) is 17.5 Å². The number of carbonyl (C=O) groups is 1. The highest BCUT2D eigenvalue weighted by Crippen LogP contribution is 2.30. The minimum atomic E-state index is -0.141. The number of hydrogen-bond acceptors (Lipinski definition) is 3. The first kappa shape index (κ1) is 24.2. The summed E-state index contributed by atoms with van der Waals surface area (Å²) in [6.07, 6.45) is 1.75. The van der Waals surface area contributed by atoms with Gasteiger partial charge in [0.1, 0.15) is 0 Å². The summed E-state index contributed by atoms with van der Waals surface area (Å²) >= 11 is 7.98. The number of hydrazone groups is 1. The molecule has 0 radical (unpaired) electrons. The highest BCUT2D eigenvalue weighted by Gasteiger charge is 2.16. The van der Waals surface area contributed by atoms with Crippen molar-refractivity contribution < 1.29 is 4.79 Å². The lowest BCUT2D eigenvalue weighted by atomic mass is 10.1. The number of rotatable bonds is 7. The van der Waals surface area contributed by atoms with E-state index in [2.05, 4.69) is 59.3 Å². The van der Waals surface area contributed by atoms with Gasteiger partial charge in [0.2, 0.25) is 5.91 Å². The van der Waals surface area contributed by atoms with E-state index in [9.17, 15) is 4.79 Å². The molecule has 0 unspecified atom stereocenters. The number of halogens is 1. The second-order valence-electron chi connectivity index (χ2n) is 8.71. The second kappa shape index (κ2) is 10.6. The predicted octanol–water partition coefficient (Wildman–Crippen LogP) is 7.36. The molecule has 1 amide bonds. The SMILES string of the molecule is Cc1cccc2c(/C=N\NC(=O)CSc3cccc4ccccc34)c(C)n(Cc3ccccc3Cl)c12. The fraction of sp³-hybridized carbons (Fsp3) is 0.133. The quantitative estimate of drug-likeness (QED) is 0.141. The van der Waals surface area contributed by atoms with Crippen molar-refractivity contribution in [2.24, 2.45) is 5.10 Å². The van der Waals surface area contributed by atoms with Crippen LogP contribution >= 0.6 is 23.4 Å². The Balaban J connectivity index is 1.34. The molecule has 0 spiro atoms. The zero-order valence-electron chi connectivity index (χ0n) is 20.2. The molecule has 0 fully saturated rings. The van der Waals surface area contributed by atoms with Crippen LogP contribution in [0.4, 0.5) is 0 Å². The van der Waals surface area contributed by atoms with Crippen molar-refractivity contribution in [3.8, 4) is 0 Å². The van der Waals surface area contributed by atoms with E-state index in [0.717, 1.165) is 43.0 Å². The fourth-order valence-corrected chi connectivity index (χ4v) is 5.63. The Hall–Kier alpha value is -3.54. The summed E-state index contributed by atoms with van der Waals surface area (Å²) in [5.74, 6) is 0.148. The van der Waals surface area contributed by atoms with Crippen molar-refractivity contribution in [1.82, 2.24) is 9.99 Å². The van der Waals surface area contributed by atoms with Gasteiger partial charge in [-0.15, -0.1) is 11.8 Å². The Morgan fingerprint density at radius 3 is 2.53 bits per heavy atom. The largest absolute Gasteiger partial charge is 0.340 e. The van der Waals surface area contributed by atoms with Crippen LogP contribution in [-0.4, -0.2) is 22.4 Å². The smallest absolute Gasteiger partial charge is 0.250 e. The van der Waals surface area contributed by atoms with Gasteiger partial charge in [0.15, 0.2) is 0 Å². The van der Waals surface area contributed by atoms with Gasteiger partial charge in [-0.25, -0.2) is 5.43 Å². The van der Waals surface area contributed by atoms with Gasteiger partial charge in [0, 0.05) is 33.1 Å². The highest BCUT2D eigenvalue weighted by molar-refractivity contribution is 8.00. The van der Waals surface area contributed by atoms with Crippen LogP contribution in [0.2, 0.25) is 5.02 Å². The van der Waals surface area contributed by atoms with Gasteiger partial charge in [-0.1, -0.05) is 84.4 Å². The van der Waals surface area contributed by atoms with E-state index >= 15 is 0 Å². The van der Waals surface area contributed by atoms with Gasteiger partial charge in [-0.3, -0.25) is 4.79 Å². The monoisotopic (exact) mass is 511 g/mol. The lowest BCUT2D eigenvalue weighted by Gasteiger charge is -2.11. The van der Waals surface area contributed by atoms with Crippen molar-refractivity contribution in [3.05, 3.63) is 112 Å². The number of carbonyl (C=O) groups excluding carboxylic acids is 1. The third kappa shape index (κ3) is 4.90. The Morgan fingerprint density at radius 2 is 1.67 bits per heavy atom. The second-order valence-corrected chi connectivity index (χ2v) is 10.1. The summed E-state index contributed by atoms with van der Waals surface area (Å²) in [6.45, 7) is 4.85. The first-order valence-corrected chi connectivity index (χ1v) is 13.1. The number of benzene rings is 4. The van der Waals surface area contributed by atoms with E-state index in [1.807, 2.05) is 54.6 Å². The number of fused-ring (bicyclic) bond motifs is 2. The van der Waals surface area contributed by atoms with Crippen LogP contribution < -0.4 is 5.43 Å². The van der Waals surface area contributed by atoms with Crippen molar-refractivity contribution in [2.45, 2.75) is 25.3 Å². The van der Waals surface area contributed by atoms with Crippen LogP contribution in [0.15, 0.2) is 94.9 Å². The van der Waals surface area contributed by atoms with Crippen LogP contribution in [0.1, 0.15) is 22.4 Å². The molecule has 36 heavy (non-hydrogen) atoms. The summed E-state index contributed by atoms with van der Waals surface area (Å²) in [4.78, 5) is 13.6. The average Bonchev–Trinajstić information content (AvgIpc) is 3.15. The van der Waals surface area contributed by atoms with Gasteiger partial charge in [-0.2, -0.15) is 5.10 Å². The molecule has 5 rings (SSSR count). The Bertz CT molecular complexity index is 1600. The number of aromatic nitrogens is 1. The fourth-order valence-electron chi connectivity index (χ4n) is 4.57. The molecule has 6 heteroatoms. The maximum Gasteiger partial charge on any atom is 0.250 e. The number of aryl methyl sites for hydroxylation is 1. The topological polar surface area (TPSA) is 46.4 Å². The zero-order valence-corrected chi connectivity index (χ0v) is 21.7. The minimum absolute atomic E-state index is 0.141. The molecule has 0 aliphatic carbocycles. The molecule has 1 heterocycles. The molecule has 4 nitrogen and oxygen atoms in total. The number of nitrogens with zero attached hydrogens (tertiary/aromatic N) is 2. The van der Waals surface area contributed by atoms with E-state index in [-0.39, 0.29) is 11.7 Å². The predicted molar refractivity (Wildman–Crippen MR) is 152 cm³/mol. The number of thioether (sulfide) groups is 1. The van der Waals surface area contributed by atoms with Crippen molar-refractivity contribution >= 4 is 57.2 Å². The molecule has 0 saturated carbocycles. The summed E-state index contributed by atoms with van der Waals surface area (Å²) < 4.78 is 2.27. The van der Waals surface area contributed by atoms with Crippen LogP contribution in [0.3, 0.4) is 0 Å². The zero-order chi connectivity index (χ0) is 25.1. The first-order chi connectivity index (χ1) is 17.5. The maximum atomic E-state index is 12.6. The number of para-hydroxylation sites is 1. The normalized spacial score (nSPS) is 11.5. The lowest BCUT2D eigenvalue weighted by molar-refractivity contribution is -0.118. The van der Waals surface area contributed by atoms with Crippen LogP contribution in [0, 0.1) is 13.8 Å². The van der Waals surface area contributed by atoms with Gasteiger partial charge >= 0.3 is 0 Å². The van der Waals surface area contributed by atoms with Crippen LogP contribution in [0.25, 0.3) is 21.7 Å². The molecule has 4 aromatic carbocycles. The first-order valence-electron chi connectivity index (χ1n) is 11.8. The van der Waals surface area contributed by atoms with E-state index < -0.39 is 0 Å². The van der Waals surface area contributed by atoms with E-state index in [1.165, 1.54) is 22.7 Å². The van der Waals surface area contributed by atoms with Gasteiger partial charge in [-0.05, 0) is 47.9 Å². The van der Waals surface area contributed by atoms with E-state index in [1.54, 1.807) is 6.21 Å². The third-order valence-corrected chi connectivity index (χ3v) is 7.81. The molecular weight excluding hydrogens is 486 g/mol. The Morgan fingerprint density at radius 1 is 0.944 bits per heavy atom. The standard InChI is InChI=1S/C30H26ClN3OS/c1-20-9-7-14-25-26(21(2)34(30(20)25)18-23-11-4-6-15-27(23)31)17-32-33-29(35)19-36-28-16-8-12-22-10-3-5-13-24(22)28/h3-17H,18-19H2,1-2H3,(H,33,35)/b32-17-. The summed E-state index contributed by atoms with van der Waals surface area (Å²) in [6, 6.07) is 28.5. The molecule has 5 aromatic rings. The highest BCUT2D eigenvalue weighted by atomic mass is 35.5. The van der Waals surface area contributed by atoms with Crippen molar-refractivity contribution in [1.29, 1.82) is 0 Å². The number of amides is 1. The lowest BCUT2D eigenvalue weighted by Crippen LogP contribution is -2.19.